The van der Waals surface area contributed by atoms with Crippen LogP contribution in [0.2, 0.25) is 0 Å². The molecule has 9 amide bonds. The van der Waals surface area contributed by atoms with Crippen LogP contribution in [0, 0.1) is 0 Å². The molecule has 19 N–H and O–H groups in total. The molecule has 3 saturated heterocycles. The first kappa shape index (κ1) is 69.9. The highest BCUT2D eigenvalue weighted by Gasteiger charge is 2.43. The third-order valence-electron chi connectivity index (χ3n) is 16.0. The Morgan fingerprint density at radius 3 is 1.81 bits per heavy atom. The van der Waals surface area contributed by atoms with Gasteiger partial charge in [0.05, 0.1) is 24.8 Å². The molecule has 0 aliphatic carbocycles. The van der Waals surface area contributed by atoms with Crippen LogP contribution in [-0.4, -0.2) is 174 Å². The van der Waals surface area contributed by atoms with Crippen LogP contribution >= 0.6 is 0 Å². The maximum Gasteiger partial charge on any atom is 0.326 e. The molecule has 6 rings (SSSR count). The van der Waals surface area contributed by atoms with Gasteiger partial charge in [0.15, 0.2) is 11.9 Å². The van der Waals surface area contributed by atoms with Gasteiger partial charge in [-0.2, -0.15) is 0 Å². The van der Waals surface area contributed by atoms with Crippen LogP contribution in [0.25, 0.3) is 0 Å². The number of hydrogen-bond acceptors (Lipinski definition) is 14. The van der Waals surface area contributed by atoms with Gasteiger partial charge in [-0.05, 0) is 93.7 Å². The van der Waals surface area contributed by atoms with Gasteiger partial charge in [-0.3, -0.25) is 58.0 Å². The summed E-state index contributed by atoms with van der Waals surface area (Å²) in [5, 5.41) is 32.1. The van der Waals surface area contributed by atoms with E-state index in [1.807, 2.05) is 4.90 Å². The van der Waals surface area contributed by atoms with Crippen molar-refractivity contribution in [1.29, 1.82) is 0 Å². The summed E-state index contributed by atoms with van der Waals surface area (Å²) in [6.45, 7) is 0.850. The van der Waals surface area contributed by atoms with E-state index < -0.39 is 114 Å². The third-order valence-corrected chi connectivity index (χ3v) is 16.0. The number of carbonyl (C=O) groups excluding carboxylic acids is 9. The molecule has 3 aliphatic heterocycles. The van der Waals surface area contributed by atoms with Crippen molar-refractivity contribution in [3.05, 3.63) is 108 Å². The van der Waals surface area contributed by atoms with Crippen molar-refractivity contribution in [2.75, 3.05) is 39.3 Å². The van der Waals surface area contributed by atoms with Gasteiger partial charge in [-0.15, -0.1) is 0 Å². The lowest BCUT2D eigenvalue weighted by Gasteiger charge is -2.36. The zero-order valence-electron chi connectivity index (χ0n) is 50.8. The summed E-state index contributed by atoms with van der Waals surface area (Å²) >= 11 is 0. The molecule has 0 saturated carbocycles. The van der Waals surface area contributed by atoms with E-state index in [1.54, 1.807) is 91.0 Å². The van der Waals surface area contributed by atoms with Gasteiger partial charge in [-0.1, -0.05) is 104 Å². The summed E-state index contributed by atoms with van der Waals surface area (Å²) in [7, 11) is 0. The summed E-state index contributed by atoms with van der Waals surface area (Å²) in [6.07, 6.45) is 4.27. The Kier molecular flexibility index (Phi) is 28.2. The second-order valence-corrected chi connectivity index (χ2v) is 22.8. The number of aliphatic imine (C=N–C) groups is 2. The standard InChI is InChI=1S/C62H89N17O11/c63-42-24-11-4-13-31-68-50(80)30-29-43(54(83)74-46(37-40-20-7-2-8-21-40)56(85)75-45(36-39-18-5-1-6-19-39)55(84)73-44(60(89)90)25-15-33-70-62(66)67)72-58(87)52(41-22-9-3-10-23-41)77-51(81)38-71-57(86)47-26-16-35-79(47)59(88)48-27-17-34-78(48)49(76-53(42)82)28-12-14-32-69-61(64)65/h1-3,5-10,18-23,42-49,52H,4,11-17,24-38,63H2,(H,68,80)(H,71,86)(H,72,87)(H,73,84)(H,74,83)(H,75,85)(H,76,82)(H,77,81)(H,89,90)(H4,64,65,69)(H4,66,67,70)/t42-,43-,44-,45-,46+,47-,48-,49?,52?/m0/s1. The molecule has 488 valence electrons. The third kappa shape index (κ3) is 22.8. The summed E-state index contributed by atoms with van der Waals surface area (Å²) < 4.78 is 0. The average molecular weight is 1250 g/mol. The Bertz CT molecular complexity index is 2950. The quantitative estimate of drug-likeness (QED) is 0.0334. The number of nitrogens with one attached hydrogen (secondary N) is 8. The number of rotatable bonds is 21. The van der Waals surface area contributed by atoms with Gasteiger partial charge < -0.3 is 81.2 Å². The highest BCUT2D eigenvalue weighted by atomic mass is 16.4. The molecule has 28 heteroatoms. The van der Waals surface area contributed by atoms with E-state index in [-0.39, 0.29) is 81.5 Å². The number of guanidine groups is 2. The molecule has 0 radical (unpaired) electrons. The molecule has 2 unspecified atom stereocenters. The summed E-state index contributed by atoms with van der Waals surface area (Å²) in [4.78, 5) is 152. The molecule has 3 aromatic rings. The molecule has 3 aliphatic rings. The Hall–Kier alpha value is -9.18. The number of fused-ring (bicyclic) bond motifs is 2. The van der Waals surface area contributed by atoms with E-state index in [9.17, 15) is 53.1 Å². The van der Waals surface area contributed by atoms with Crippen molar-refractivity contribution in [2.24, 2.45) is 38.7 Å². The molecule has 90 heavy (non-hydrogen) atoms. The number of aliphatic carboxylic acids is 1. The average Bonchev–Trinajstić information content (AvgIpc) is 1.77. The van der Waals surface area contributed by atoms with E-state index in [0.29, 0.717) is 94.8 Å². The van der Waals surface area contributed by atoms with E-state index >= 15 is 0 Å². The normalized spacial score (nSPS) is 22.2. The van der Waals surface area contributed by atoms with Crippen LogP contribution in [0.4, 0.5) is 0 Å². The molecular formula is C62H89N17O11. The summed E-state index contributed by atoms with van der Waals surface area (Å²) in [5.74, 6) is -7.60. The van der Waals surface area contributed by atoms with Gasteiger partial charge in [-0.25, -0.2) is 4.79 Å². The first-order valence-electron chi connectivity index (χ1n) is 30.9. The molecule has 0 spiro atoms. The molecule has 0 aromatic heterocycles. The number of nitrogens with zero attached hydrogens (tertiary/aromatic N) is 4. The SMILES string of the molecule is NC(N)=NCCCCC1NC(=O)[C@@H](N)CCCCCNC(=O)CC[C@@H](C(=O)N[C@H](Cc2ccccc2)C(=O)N[C@@H](Cc2ccccc2)C(=O)N[C@@H](CCCN=C(N)N)C(=O)O)NC(=O)C(c2ccccc2)NC(=O)CNC(=O)[C@@H]2CCCN2C(=O)[C@@H]2CCCN12. The Balaban J connectivity index is 1.26. The lowest BCUT2D eigenvalue weighted by atomic mass is 10.0. The van der Waals surface area contributed by atoms with Gasteiger partial charge in [0, 0.05) is 52.0 Å². The number of carboxylic acid groups (broad SMARTS) is 1. The fraction of sp³-hybridized carbons (Fsp3) is 0.516. The highest BCUT2D eigenvalue weighted by molar-refractivity contribution is 5.98. The van der Waals surface area contributed by atoms with Crippen molar-refractivity contribution in [3.8, 4) is 0 Å². The Morgan fingerprint density at radius 1 is 0.589 bits per heavy atom. The topological polar surface area (TPSA) is 448 Å². The fourth-order valence-corrected chi connectivity index (χ4v) is 11.2. The van der Waals surface area contributed by atoms with Gasteiger partial charge in [0.1, 0.15) is 36.3 Å². The van der Waals surface area contributed by atoms with Gasteiger partial charge in [0.25, 0.3) is 0 Å². The molecule has 3 aromatic carbocycles. The lowest BCUT2D eigenvalue weighted by Crippen LogP contribution is -2.59. The molecule has 3 heterocycles. The monoisotopic (exact) mass is 1250 g/mol. The van der Waals surface area contributed by atoms with Crippen molar-refractivity contribution in [3.63, 3.8) is 0 Å². The highest BCUT2D eigenvalue weighted by Crippen LogP contribution is 2.28. The van der Waals surface area contributed by atoms with Crippen LogP contribution in [0.1, 0.15) is 119 Å². The minimum atomic E-state index is -1.54. The number of unbranched alkanes of at least 4 members (excludes halogenated alkanes) is 1. The van der Waals surface area contributed by atoms with Gasteiger partial charge in [0.2, 0.25) is 53.2 Å². The van der Waals surface area contributed by atoms with Crippen molar-refractivity contribution in [1.82, 2.24) is 52.3 Å². The van der Waals surface area contributed by atoms with E-state index in [1.165, 1.54) is 4.90 Å². The predicted molar refractivity (Wildman–Crippen MR) is 336 cm³/mol. The number of hydrogen-bond donors (Lipinski definition) is 14. The smallest absolute Gasteiger partial charge is 0.326 e. The second-order valence-electron chi connectivity index (χ2n) is 22.8. The lowest BCUT2D eigenvalue weighted by molar-refractivity contribution is -0.143. The number of benzene rings is 3. The molecular weight excluding hydrogens is 1160 g/mol. The molecule has 28 nitrogen and oxygen atoms in total. The van der Waals surface area contributed by atoms with Crippen LogP contribution in [0.15, 0.2) is 101 Å². The van der Waals surface area contributed by atoms with Gasteiger partial charge >= 0.3 is 5.97 Å². The number of nitrogens with two attached hydrogens (primary N) is 5. The maximum absolute atomic E-state index is 14.9. The maximum atomic E-state index is 14.9. The minimum Gasteiger partial charge on any atom is -0.480 e. The van der Waals surface area contributed by atoms with E-state index in [2.05, 4.69) is 52.5 Å². The first-order valence-corrected chi connectivity index (χ1v) is 30.9. The van der Waals surface area contributed by atoms with Crippen LogP contribution in [0.3, 0.4) is 0 Å². The van der Waals surface area contributed by atoms with Crippen LogP contribution < -0.4 is 71.2 Å². The molecule has 3 fully saturated rings. The largest absolute Gasteiger partial charge is 0.480 e. The predicted octanol–water partition coefficient (Wildman–Crippen LogP) is -1.34. The molecule has 9 atom stereocenters. The van der Waals surface area contributed by atoms with Crippen molar-refractivity contribution >= 4 is 71.1 Å². The molecule has 0 bridgehead atoms. The second kappa shape index (κ2) is 36.3. The van der Waals surface area contributed by atoms with Crippen molar-refractivity contribution in [2.45, 2.75) is 164 Å². The summed E-state index contributed by atoms with van der Waals surface area (Å²) in [5.41, 5.74) is 29.9. The number of carboxylic acids is 1. The Morgan fingerprint density at radius 2 is 1.18 bits per heavy atom. The Labute approximate surface area is 523 Å². The first-order chi connectivity index (χ1) is 43.3. The van der Waals surface area contributed by atoms with E-state index in [0.717, 1.165) is 0 Å². The fourth-order valence-electron chi connectivity index (χ4n) is 11.2. The number of carbonyl (C=O) groups is 10. The zero-order valence-corrected chi connectivity index (χ0v) is 50.8. The summed E-state index contributed by atoms with van der Waals surface area (Å²) in [6, 6.07) is 15.7. The van der Waals surface area contributed by atoms with Crippen LogP contribution in [0.5, 0.6) is 0 Å². The van der Waals surface area contributed by atoms with Crippen LogP contribution in [-0.2, 0) is 60.8 Å². The zero-order chi connectivity index (χ0) is 65.0. The van der Waals surface area contributed by atoms with E-state index in [4.69, 9.17) is 28.7 Å². The minimum absolute atomic E-state index is 0.0360. The van der Waals surface area contributed by atoms with Crippen molar-refractivity contribution < 1.29 is 53.1 Å². The number of amides is 9.